The molecule has 3 rings (SSSR count). The largest absolute Gasteiger partial charge is 0.478 e. The first-order valence-corrected chi connectivity index (χ1v) is 7.73. The van der Waals surface area contributed by atoms with E-state index >= 15 is 0 Å². The van der Waals surface area contributed by atoms with Crippen LogP contribution < -0.4 is 0 Å². The minimum Gasteiger partial charge on any atom is -0.478 e. The van der Waals surface area contributed by atoms with Crippen molar-refractivity contribution in [2.24, 2.45) is 5.92 Å². The molecule has 1 N–H and O–H groups in total. The lowest BCUT2D eigenvalue weighted by Crippen LogP contribution is -2.52. The van der Waals surface area contributed by atoms with E-state index in [4.69, 9.17) is 0 Å². The number of rotatable bonds is 4. The zero-order valence-electron chi connectivity index (χ0n) is 13.0. The van der Waals surface area contributed by atoms with Crippen LogP contribution in [-0.4, -0.2) is 28.4 Å². The van der Waals surface area contributed by atoms with E-state index in [0.717, 1.165) is 5.56 Å². The lowest BCUT2D eigenvalue weighted by atomic mass is 9.84. The van der Waals surface area contributed by atoms with Crippen molar-refractivity contribution in [2.45, 2.75) is 19.4 Å². The zero-order chi connectivity index (χ0) is 16.4. The van der Waals surface area contributed by atoms with Crippen molar-refractivity contribution < 1.29 is 14.7 Å². The molecule has 2 unspecified atom stereocenters. The molecule has 4 heteroatoms. The van der Waals surface area contributed by atoms with Gasteiger partial charge in [0.25, 0.3) is 0 Å². The Morgan fingerprint density at radius 1 is 1.09 bits per heavy atom. The summed E-state index contributed by atoms with van der Waals surface area (Å²) in [4.78, 5) is 25.7. The second-order valence-electron chi connectivity index (χ2n) is 6.02. The van der Waals surface area contributed by atoms with Gasteiger partial charge in [-0.05, 0) is 23.1 Å². The number of hydrogen-bond acceptors (Lipinski definition) is 2. The monoisotopic (exact) mass is 309 g/mol. The third-order valence-corrected chi connectivity index (χ3v) is 4.41. The van der Waals surface area contributed by atoms with Crippen molar-refractivity contribution >= 4 is 11.9 Å². The van der Waals surface area contributed by atoms with Gasteiger partial charge in [0.05, 0.1) is 18.0 Å². The Morgan fingerprint density at radius 2 is 1.74 bits per heavy atom. The van der Waals surface area contributed by atoms with Gasteiger partial charge in [0.15, 0.2) is 0 Å². The zero-order valence-corrected chi connectivity index (χ0v) is 13.0. The van der Waals surface area contributed by atoms with Gasteiger partial charge in [-0.2, -0.15) is 0 Å². The normalized spacial score (nSPS) is 20.0. The standard InChI is InChI=1S/C19H19NO3/c1-13-12-20(18(13)14-7-3-2-4-8-14)17(21)11-15-9-5-6-10-16(15)19(22)23/h2-10,13,18H,11-12H2,1H3,(H,22,23). The molecule has 0 spiro atoms. The number of carbonyl (C=O) groups excluding carboxylic acids is 1. The van der Waals surface area contributed by atoms with Crippen molar-refractivity contribution in [3.05, 3.63) is 71.3 Å². The Hall–Kier alpha value is -2.62. The average Bonchev–Trinajstić information content (AvgIpc) is 2.53. The number of benzene rings is 2. The summed E-state index contributed by atoms with van der Waals surface area (Å²) in [6.45, 7) is 2.85. The van der Waals surface area contributed by atoms with Crippen molar-refractivity contribution in [3.8, 4) is 0 Å². The van der Waals surface area contributed by atoms with Crippen LogP contribution in [0.25, 0.3) is 0 Å². The number of likely N-dealkylation sites (tertiary alicyclic amines) is 1. The van der Waals surface area contributed by atoms with Crippen LogP contribution in [0.3, 0.4) is 0 Å². The Bertz CT molecular complexity index is 726. The van der Waals surface area contributed by atoms with Gasteiger partial charge in [-0.3, -0.25) is 4.79 Å². The molecule has 2 atom stereocenters. The predicted molar refractivity (Wildman–Crippen MR) is 87.2 cm³/mol. The second-order valence-corrected chi connectivity index (χ2v) is 6.02. The van der Waals surface area contributed by atoms with E-state index in [-0.39, 0.29) is 23.9 Å². The number of aromatic carboxylic acids is 1. The van der Waals surface area contributed by atoms with Crippen LogP contribution in [-0.2, 0) is 11.2 Å². The molecular weight excluding hydrogens is 290 g/mol. The number of amides is 1. The smallest absolute Gasteiger partial charge is 0.335 e. The van der Waals surface area contributed by atoms with Crippen LogP contribution in [0.5, 0.6) is 0 Å². The average molecular weight is 309 g/mol. The lowest BCUT2D eigenvalue weighted by Gasteiger charge is -2.47. The summed E-state index contributed by atoms with van der Waals surface area (Å²) in [6, 6.07) is 16.8. The van der Waals surface area contributed by atoms with Gasteiger partial charge in [-0.25, -0.2) is 4.79 Å². The maximum absolute atomic E-state index is 12.6. The van der Waals surface area contributed by atoms with Crippen molar-refractivity contribution in [1.82, 2.24) is 4.90 Å². The van der Waals surface area contributed by atoms with Gasteiger partial charge in [-0.1, -0.05) is 55.5 Å². The number of nitrogens with zero attached hydrogens (tertiary/aromatic N) is 1. The Balaban J connectivity index is 1.78. The SMILES string of the molecule is CC1CN(C(=O)Cc2ccccc2C(=O)O)C1c1ccccc1. The molecule has 2 aromatic rings. The highest BCUT2D eigenvalue weighted by atomic mass is 16.4. The van der Waals surface area contributed by atoms with Crippen molar-refractivity contribution in [3.63, 3.8) is 0 Å². The van der Waals surface area contributed by atoms with E-state index in [1.54, 1.807) is 24.3 Å². The van der Waals surface area contributed by atoms with Gasteiger partial charge < -0.3 is 10.0 Å². The molecule has 1 aliphatic rings. The number of carboxylic acids is 1. The minimum absolute atomic E-state index is 0.0225. The van der Waals surface area contributed by atoms with Gasteiger partial charge in [0, 0.05) is 6.54 Å². The van der Waals surface area contributed by atoms with Gasteiger partial charge >= 0.3 is 5.97 Å². The van der Waals surface area contributed by atoms with Gasteiger partial charge in [-0.15, -0.1) is 0 Å². The molecule has 0 bridgehead atoms. The Labute approximate surface area is 135 Å². The summed E-state index contributed by atoms with van der Waals surface area (Å²) < 4.78 is 0. The Kier molecular flexibility index (Phi) is 4.15. The second kappa shape index (κ2) is 6.24. The van der Waals surface area contributed by atoms with Gasteiger partial charge in [0.1, 0.15) is 0 Å². The highest BCUT2D eigenvalue weighted by Crippen LogP contribution is 2.38. The molecule has 118 valence electrons. The topological polar surface area (TPSA) is 57.6 Å². The first kappa shape index (κ1) is 15.3. The third-order valence-electron chi connectivity index (χ3n) is 4.41. The van der Waals surface area contributed by atoms with E-state index < -0.39 is 5.97 Å². The fourth-order valence-electron chi connectivity index (χ4n) is 3.26. The van der Waals surface area contributed by atoms with Crippen LogP contribution in [0.1, 0.15) is 34.5 Å². The molecular formula is C19H19NO3. The molecule has 4 nitrogen and oxygen atoms in total. The number of hydrogen-bond donors (Lipinski definition) is 1. The summed E-state index contributed by atoms with van der Waals surface area (Å²) in [7, 11) is 0. The van der Waals surface area contributed by atoms with Crippen molar-refractivity contribution in [2.75, 3.05) is 6.54 Å². The summed E-state index contributed by atoms with van der Waals surface area (Å²) in [5.41, 5.74) is 1.90. The third kappa shape index (κ3) is 2.97. The van der Waals surface area contributed by atoms with E-state index in [2.05, 4.69) is 6.92 Å². The molecule has 0 aliphatic carbocycles. The number of carboxylic acid groups (broad SMARTS) is 1. The molecule has 0 aromatic heterocycles. The van der Waals surface area contributed by atoms with E-state index in [1.165, 1.54) is 0 Å². The van der Waals surface area contributed by atoms with E-state index in [9.17, 15) is 14.7 Å². The van der Waals surface area contributed by atoms with Crippen LogP contribution in [0, 0.1) is 5.92 Å². The molecule has 1 saturated heterocycles. The van der Waals surface area contributed by atoms with Crippen LogP contribution in [0.2, 0.25) is 0 Å². The quantitative estimate of drug-likeness (QED) is 0.944. The minimum atomic E-state index is -0.995. The molecule has 1 aliphatic heterocycles. The molecule has 23 heavy (non-hydrogen) atoms. The summed E-state index contributed by atoms with van der Waals surface area (Å²) in [5.74, 6) is -0.605. The molecule has 1 fully saturated rings. The molecule has 1 amide bonds. The predicted octanol–water partition coefficient (Wildman–Crippen LogP) is 3.15. The van der Waals surface area contributed by atoms with Crippen molar-refractivity contribution in [1.29, 1.82) is 0 Å². The van der Waals surface area contributed by atoms with Crippen LogP contribution >= 0.6 is 0 Å². The summed E-state index contributed by atoms with van der Waals surface area (Å²) in [5, 5.41) is 9.24. The Morgan fingerprint density at radius 3 is 2.39 bits per heavy atom. The van der Waals surface area contributed by atoms with E-state index in [1.807, 2.05) is 35.2 Å². The van der Waals surface area contributed by atoms with Gasteiger partial charge in [0.2, 0.25) is 5.91 Å². The highest BCUT2D eigenvalue weighted by Gasteiger charge is 2.39. The summed E-state index contributed by atoms with van der Waals surface area (Å²) in [6.07, 6.45) is 0.124. The fourth-order valence-corrected chi connectivity index (χ4v) is 3.26. The molecule has 1 heterocycles. The lowest BCUT2D eigenvalue weighted by molar-refractivity contribution is -0.142. The molecule has 0 radical (unpaired) electrons. The first-order valence-electron chi connectivity index (χ1n) is 7.73. The maximum atomic E-state index is 12.6. The van der Waals surface area contributed by atoms with E-state index in [0.29, 0.717) is 18.0 Å². The van der Waals surface area contributed by atoms with Crippen LogP contribution in [0.4, 0.5) is 0 Å². The van der Waals surface area contributed by atoms with Crippen LogP contribution in [0.15, 0.2) is 54.6 Å². The molecule has 0 saturated carbocycles. The summed E-state index contributed by atoms with van der Waals surface area (Å²) >= 11 is 0. The first-order chi connectivity index (χ1) is 11.1. The highest BCUT2D eigenvalue weighted by molar-refractivity contribution is 5.91. The number of carbonyl (C=O) groups is 2. The maximum Gasteiger partial charge on any atom is 0.335 e. The molecule has 2 aromatic carbocycles. The fraction of sp³-hybridized carbons (Fsp3) is 0.263.